The Hall–Kier alpha value is -1.02. The summed E-state index contributed by atoms with van der Waals surface area (Å²) in [5.41, 5.74) is 1.48. The lowest BCUT2D eigenvalue weighted by molar-refractivity contribution is 0.169. The predicted octanol–water partition coefficient (Wildman–Crippen LogP) is 3.49. The highest BCUT2D eigenvalue weighted by atomic mass is 32.2. The maximum Gasteiger partial charge on any atom is 0.0991 e. The summed E-state index contributed by atoms with van der Waals surface area (Å²) >= 11 is 2.00. The molecule has 21 heavy (non-hydrogen) atoms. The van der Waals surface area contributed by atoms with Crippen LogP contribution in [0, 0.1) is 11.3 Å². The Labute approximate surface area is 132 Å². The molecule has 0 aromatic heterocycles. The fourth-order valence-corrected chi connectivity index (χ4v) is 3.04. The van der Waals surface area contributed by atoms with E-state index in [4.69, 9.17) is 5.26 Å². The second kappa shape index (κ2) is 10.7. The molecule has 2 unspecified atom stereocenters. The third-order valence-electron chi connectivity index (χ3n) is 3.48. The van der Waals surface area contributed by atoms with Crippen molar-refractivity contribution < 1.29 is 5.11 Å². The highest BCUT2D eigenvalue weighted by Gasteiger charge is 2.11. The van der Waals surface area contributed by atoms with E-state index in [1.165, 1.54) is 17.9 Å². The lowest BCUT2D eigenvalue weighted by atomic mass is 10.1. The van der Waals surface area contributed by atoms with E-state index >= 15 is 0 Å². The van der Waals surface area contributed by atoms with Gasteiger partial charge in [-0.25, -0.2) is 0 Å². The number of aliphatic hydroxyl groups is 1. The predicted molar refractivity (Wildman–Crippen MR) is 90.4 cm³/mol. The summed E-state index contributed by atoms with van der Waals surface area (Å²) in [4.78, 5) is 0. The maximum atomic E-state index is 10.2. The zero-order valence-electron chi connectivity index (χ0n) is 13.0. The van der Waals surface area contributed by atoms with Crippen molar-refractivity contribution >= 4 is 11.8 Å². The van der Waals surface area contributed by atoms with Crippen LogP contribution < -0.4 is 5.32 Å². The van der Waals surface area contributed by atoms with Gasteiger partial charge < -0.3 is 10.4 Å². The normalized spacial score (nSPS) is 13.6. The summed E-state index contributed by atoms with van der Waals surface area (Å²) in [5.74, 6) is 2.40. The molecule has 116 valence electrons. The molecule has 0 saturated carbocycles. The van der Waals surface area contributed by atoms with E-state index in [1.807, 2.05) is 23.9 Å². The Kier molecular flexibility index (Phi) is 9.16. The lowest BCUT2D eigenvalue weighted by Gasteiger charge is -2.19. The van der Waals surface area contributed by atoms with Crippen LogP contribution in [0.5, 0.6) is 0 Å². The highest BCUT2D eigenvalue weighted by Crippen LogP contribution is 2.14. The molecule has 0 fully saturated rings. The number of thioether (sulfide) groups is 1. The number of aliphatic hydroxyl groups excluding tert-OH is 1. The number of hydrogen-bond donors (Lipinski definition) is 2. The molecule has 2 N–H and O–H groups in total. The van der Waals surface area contributed by atoms with Crippen molar-refractivity contribution in [2.75, 3.05) is 18.1 Å². The van der Waals surface area contributed by atoms with E-state index in [2.05, 4.69) is 25.2 Å². The Morgan fingerprint density at radius 2 is 1.95 bits per heavy atom. The number of nitrogens with zero attached hydrogens (tertiary/aromatic N) is 1. The molecular formula is C17H26N2OS. The second-order valence-electron chi connectivity index (χ2n) is 5.16. The van der Waals surface area contributed by atoms with Gasteiger partial charge in [-0.1, -0.05) is 26.0 Å². The average molecular weight is 306 g/mol. The minimum Gasteiger partial charge on any atom is -0.387 e. The van der Waals surface area contributed by atoms with Crippen LogP contribution >= 0.6 is 11.8 Å². The second-order valence-corrected chi connectivity index (χ2v) is 6.39. The van der Waals surface area contributed by atoms with Crippen LogP contribution in [-0.2, 0) is 0 Å². The van der Waals surface area contributed by atoms with Gasteiger partial charge in [-0.2, -0.15) is 17.0 Å². The zero-order chi connectivity index (χ0) is 15.5. The van der Waals surface area contributed by atoms with E-state index in [9.17, 15) is 5.11 Å². The number of nitrogens with one attached hydrogen (secondary N) is 1. The summed E-state index contributed by atoms with van der Waals surface area (Å²) < 4.78 is 0. The Bertz CT molecular complexity index is 427. The van der Waals surface area contributed by atoms with Gasteiger partial charge in [0.05, 0.1) is 17.7 Å². The molecule has 4 heteroatoms. The molecule has 1 aromatic rings. The lowest BCUT2D eigenvalue weighted by Crippen LogP contribution is -2.32. The molecule has 2 atom stereocenters. The van der Waals surface area contributed by atoms with Gasteiger partial charge in [0.15, 0.2) is 0 Å². The molecule has 3 nitrogen and oxygen atoms in total. The monoisotopic (exact) mass is 306 g/mol. The van der Waals surface area contributed by atoms with Crippen molar-refractivity contribution in [2.45, 2.75) is 45.3 Å². The van der Waals surface area contributed by atoms with Gasteiger partial charge in [-0.3, -0.25) is 0 Å². The molecule has 0 saturated heterocycles. The molecule has 0 radical (unpaired) electrons. The Balaban J connectivity index is 2.35. The summed E-state index contributed by atoms with van der Waals surface area (Å²) in [6, 6.07) is 9.69. The molecule has 0 spiro atoms. The van der Waals surface area contributed by atoms with Gasteiger partial charge in [0.1, 0.15) is 0 Å². The van der Waals surface area contributed by atoms with Gasteiger partial charge in [-0.15, -0.1) is 0 Å². The average Bonchev–Trinajstić information content (AvgIpc) is 2.54. The minimum absolute atomic E-state index is 0.461. The van der Waals surface area contributed by atoms with Crippen LogP contribution in [0.2, 0.25) is 0 Å². The number of rotatable bonds is 10. The van der Waals surface area contributed by atoms with Crippen LogP contribution in [-0.4, -0.2) is 29.2 Å². The van der Waals surface area contributed by atoms with Crippen molar-refractivity contribution in [3.63, 3.8) is 0 Å². The summed E-state index contributed by atoms with van der Waals surface area (Å²) in [5, 5.41) is 22.4. The van der Waals surface area contributed by atoms with E-state index < -0.39 is 6.10 Å². The third-order valence-corrected chi connectivity index (χ3v) is 4.70. The molecule has 0 amide bonds. The quantitative estimate of drug-likeness (QED) is 0.650. The number of hydrogen-bond acceptors (Lipinski definition) is 4. The summed E-state index contributed by atoms with van der Waals surface area (Å²) in [6.07, 6.45) is 2.93. The minimum atomic E-state index is -0.518. The fraction of sp³-hybridized carbons (Fsp3) is 0.588. The van der Waals surface area contributed by atoms with Crippen molar-refractivity contribution in [1.29, 1.82) is 5.26 Å². The van der Waals surface area contributed by atoms with Crippen LogP contribution in [0.3, 0.4) is 0 Å². The van der Waals surface area contributed by atoms with Crippen LogP contribution in [0.25, 0.3) is 0 Å². The number of nitriles is 1. The van der Waals surface area contributed by atoms with Gasteiger partial charge in [0.25, 0.3) is 0 Å². The molecule has 0 aliphatic heterocycles. The Morgan fingerprint density at radius 1 is 1.24 bits per heavy atom. The van der Waals surface area contributed by atoms with Crippen molar-refractivity contribution in [3.05, 3.63) is 35.4 Å². The smallest absolute Gasteiger partial charge is 0.0991 e. The van der Waals surface area contributed by atoms with Gasteiger partial charge >= 0.3 is 0 Å². The van der Waals surface area contributed by atoms with Gasteiger partial charge in [0.2, 0.25) is 0 Å². The van der Waals surface area contributed by atoms with Crippen molar-refractivity contribution in [1.82, 2.24) is 5.32 Å². The molecule has 0 aliphatic carbocycles. The van der Waals surface area contributed by atoms with Crippen LogP contribution in [0.1, 0.15) is 50.3 Å². The van der Waals surface area contributed by atoms with E-state index in [0.717, 1.165) is 18.4 Å². The van der Waals surface area contributed by atoms with Crippen molar-refractivity contribution in [3.8, 4) is 6.07 Å². The van der Waals surface area contributed by atoms with E-state index in [-0.39, 0.29) is 0 Å². The van der Waals surface area contributed by atoms with Crippen molar-refractivity contribution in [2.24, 2.45) is 0 Å². The molecule has 0 heterocycles. The highest BCUT2D eigenvalue weighted by molar-refractivity contribution is 7.99. The fourth-order valence-electron chi connectivity index (χ4n) is 2.10. The first-order chi connectivity index (χ1) is 10.2. The first-order valence-corrected chi connectivity index (χ1v) is 8.86. The number of benzene rings is 1. The molecular weight excluding hydrogens is 280 g/mol. The largest absolute Gasteiger partial charge is 0.387 e. The van der Waals surface area contributed by atoms with Gasteiger partial charge in [-0.05, 0) is 48.5 Å². The van der Waals surface area contributed by atoms with Crippen LogP contribution in [0.4, 0.5) is 0 Å². The van der Waals surface area contributed by atoms with E-state index in [1.54, 1.807) is 12.1 Å². The maximum absolute atomic E-state index is 10.2. The Morgan fingerprint density at radius 3 is 2.52 bits per heavy atom. The third kappa shape index (κ3) is 6.99. The molecule has 1 aromatic carbocycles. The standard InChI is InChI=1S/C17H26N2OS/c1-3-10-21-11-9-16(4-2)19-13-17(20)15-7-5-14(12-18)6-8-15/h5-8,16-17,19-20H,3-4,9-11,13H2,1-2H3. The zero-order valence-corrected chi connectivity index (χ0v) is 13.8. The van der Waals surface area contributed by atoms with Gasteiger partial charge in [0, 0.05) is 12.6 Å². The first kappa shape index (κ1) is 18.0. The summed E-state index contributed by atoms with van der Waals surface area (Å²) in [7, 11) is 0. The topological polar surface area (TPSA) is 56.0 Å². The summed E-state index contributed by atoms with van der Waals surface area (Å²) in [6.45, 7) is 4.94. The first-order valence-electron chi connectivity index (χ1n) is 7.70. The van der Waals surface area contributed by atoms with Crippen LogP contribution in [0.15, 0.2) is 24.3 Å². The molecule has 0 bridgehead atoms. The SMILES string of the molecule is CCCSCCC(CC)NCC(O)c1ccc(C#N)cc1. The van der Waals surface area contributed by atoms with E-state index in [0.29, 0.717) is 18.2 Å². The molecule has 1 rings (SSSR count). The molecule has 0 aliphatic rings.